The molecular formula is C21H31N5O2S. The SMILES string of the molecule is CN(C)c1cc(CN(C)S(=O)(=O)CCCc2ccccc2)nc([C@H]2CCCN2)n1. The van der Waals surface area contributed by atoms with Crippen LogP contribution in [0.25, 0.3) is 0 Å². The first kappa shape index (κ1) is 21.7. The van der Waals surface area contributed by atoms with E-state index in [0.717, 1.165) is 48.7 Å². The van der Waals surface area contributed by atoms with Crippen LogP contribution in [0, 0.1) is 0 Å². The predicted octanol–water partition coefficient (Wildman–Crippen LogP) is 2.36. The highest BCUT2D eigenvalue weighted by Crippen LogP contribution is 2.23. The number of nitrogens with one attached hydrogen (secondary N) is 1. The standard InChI is InChI=1S/C21H31N5O2S/c1-25(2)20-15-18(23-21(24-20)19-12-7-13-22-19)16-26(3)29(27,28)14-8-11-17-9-5-4-6-10-17/h4-6,9-10,15,19,22H,7-8,11-14,16H2,1-3H3/t19-/m1/s1. The van der Waals surface area contributed by atoms with Crippen LogP contribution in [0.5, 0.6) is 0 Å². The number of hydrogen-bond acceptors (Lipinski definition) is 6. The maximum absolute atomic E-state index is 12.7. The summed E-state index contributed by atoms with van der Waals surface area (Å²) >= 11 is 0. The number of rotatable bonds is 9. The summed E-state index contributed by atoms with van der Waals surface area (Å²) in [7, 11) is 2.14. The molecule has 1 fully saturated rings. The van der Waals surface area contributed by atoms with Crippen LogP contribution in [-0.2, 0) is 23.0 Å². The summed E-state index contributed by atoms with van der Waals surface area (Å²) in [5.41, 5.74) is 1.88. The zero-order chi connectivity index (χ0) is 20.9. The van der Waals surface area contributed by atoms with Gasteiger partial charge in [0.05, 0.1) is 24.0 Å². The fraction of sp³-hybridized carbons (Fsp3) is 0.524. The Morgan fingerprint density at radius 3 is 2.55 bits per heavy atom. The number of aromatic nitrogens is 2. The van der Waals surface area contributed by atoms with Gasteiger partial charge in [-0.25, -0.2) is 18.4 Å². The maximum atomic E-state index is 12.7. The Balaban J connectivity index is 1.67. The number of sulfonamides is 1. The maximum Gasteiger partial charge on any atom is 0.214 e. The van der Waals surface area contributed by atoms with Crippen molar-refractivity contribution in [3.63, 3.8) is 0 Å². The summed E-state index contributed by atoms with van der Waals surface area (Å²) in [6.07, 6.45) is 3.46. The Hall–Kier alpha value is -2.03. The van der Waals surface area contributed by atoms with Crippen LogP contribution in [0.2, 0.25) is 0 Å². The van der Waals surface area contributed by atoms with Gasteiger partial charge in [-0.2, -0.15) is 4.31 Å². The summed E-state index contributed by atoms with van der Waals surface area (Å²) in [5.74, 6) is 1.67. The molecule has 0 saturated carbocycles. The third-order valence-corrected chi connectivity index (χ3v) is 7.07. The van der Waals surface area contributed by atoms with E-state index in [1.54, 1.807) is 7.05 Å². The zero-order valence-electron chi connectivity index (χ0n) is 17.5. The number of benzene rings is 1. The van der Waals surface area contributed by atoms with E-state index in [1.165, 1.54) is 4.31 Å². The first-order valence-electron chi connectivity index (χ1n) is 10.1. The lowest BCUT2D eigenvalue weighted by Gasteiger charge is -2.20. The minimum Gasteiger partial charge on any atom is -0.363 e. The van der Waals surface area contributed by atoms with Gasteiger partial charge in [0.15, 0.2) is 0 Å². The van der Waals surface area contributed by atoms with Crippen molar-refractivity contribution in [2.24, 2.45) is 0 Å². The average molecular weight is 418 g/mol. The third kappa shape index (κ3) is 5.98. The fourth-order valence-corrected chi connectivity index (χ4v) is 4.61. The molecule has 1 aromatic heterocycles. The molecule has 29 heavy (non-hydrogen) atoms. The summed E-state index contributed by atoms with van der Waals surface area (Å²) in [4.78, 5) is 11.3. The van der Waals surface area contributed by atoms with E-state index in [4.69, 9.17) is 0 Å². The lowest BCUT2D eigenvalue weighted by atomic mass is 10.1. The summed E-state index contributed by atoms with van der Waals surface area (Å²) < 4.78 is 26.9. The summed E-state index contributed by atoms with van der Waals surface area (Å²) in [6, 6.07) is 12.0. The molecule has 1 N–H and O–H groups in total. The minimum atomic E-state index is -3.35. The van der Waals surface area contributed by atoms with E-state index in [9.17, 15) is 8.42 Å². The Labute approximate surface area is 174 Å². The monoisotopic (exact) mass is 417 g/mol. The van der Waals surface area contributed by atoms with Crippen molar-refractivity contribution in [2.45, 2.75) is 38.3 Å². The third-order valence-electron chi connectivity index (χ3n) is 5.18. The molecule has 0 aliphatic carbocycles. The molecule has 1 aromatic carbocycles. The molecule has 3 rings (SSSR count). The largest absolute Gasteiger partial charge is 0.363 e. The van der Waals surface area contributed by atoms with Gasteiger partial charge < -0.3 is 10.2 Å². The highest BCUT2D eigenvalue weighted by molar-refractivity contribution is 7.89. The molecule has 7 nitrogen and oxygen atoms in total. The molecular weight excluding hydrogens is 386 g/mol. The summed E-state index contributed by atoms with van der Waals surface area (Å²) in [5, 5.41) is 3.42. The van der Waals surface area contributed by atoms with Crippen molar-refractivity contribution in [2.75, 3.05) is 38.3 Å². The number of anilines is 1. The van der Waals surface area contributed by atoms with E-state index in [0.29, 0.717) is 6.42 Å². The minimum absolute atomic E-state index is 0.126. The van der Waals surface area contributed by atoms with Crippen molar-refractivity contribution < 1.29 is 8.42 Å². The zero-order valence-corrected chi connectivity index (χ0v) is 18.3. The topological polar surface area (TPSA) is 78.4 Å². The number of aryl methyl sites for hydroxylation is 1. The molecule has 1 aliphatic heterocycles. The second-order valence-electron chi connectivity index (χ2n) is 7.78. The van der Waals surface area contributed by atoms with Gasteiger partial charge in [-0.05, 0) is 37.8 Å². The van der Waals surface area contributed by atoms with Crippen molar-refractivity contribution in [3.8, 4) is 0 Å². The highest BCUT2D eigenvalue weighted by Gasteiger charge is 2.23. The van der Waals surface area contributed by atoms with Crippen molar-refractivity contribution in [1.29, 1.82) is 0 Å². The number of hydrogen-bond donors (Lipinski definition) is 1. The van der Waals surface area contributed by atoms with E-state index >= 15 is 0 Å². The quantitative estimate of drug-likeness (QED) is 0.675. The molecule has 0 amide bonds. The normalized spacial score (nSPS) is 17.0. The van der Waals surface area contributed by atoms with Crippen LogP contribution < -0.4 is 10.2 Å². The fourth-order valence-electron chi connectivity index (χ4n) is 3.46. The molecule has 0 unspecified atom stereocenters. The van der Waals surface area contributed by atoms with Crippen LogP contribution >= 0.6 is 0 Å². The van der Waals surface area contributed by atoms with E-state index in [1.807, 2.05) is 55.4 Å². The van der Waals surface area contributed by atoms with Crippen LogP contribution in [0.1, 0.15) is 42.4 Å². The highest BCUT2D eigenvalue weighted by atomic mass is 32.2. The lowest BCUT2D eigenvalue weighted by Crippen LogP contribution is -2.30. The van der Waals surface area contributed by atoms with Crippen LogP contribution in [0.4, 0.5) is 5.82 Å². The van der Waals surface area contributed by atoms with E-state index in [-0.39, 0.29) is 18.3 Å². The molecule has 0 radical (unpaired) electrons. The van der Waals surface area contributed by atoms with Crippen molar-refractivity contribution >= 4 is 15.8 Å². The number of nitrogens with zero attached hydrogens (tertiary/aromatic N) is 4. The molecule has 8 heteroatoms. The Bertz CT molecular complexity index is 897. The first-order valence-corrected chi connectivity index (χ1v) is 11.7. The molecule has 158 valence electrons. The predicted molar refractivity (Wildman–Crippen MR) is 116 cm³/mol. The van der Waals surface area contributed by atoms with E-state index in [2.05, 4.69) is 15.3 Å². The first-order chi connectivity index (χ1) is 13.8. The van der Waals surface area contributed by atoms with Gasteiger partial charge in [0, 0.05) is 27.2 Å². The Morgan fingerprint density at radius 2 is 1.90 bits per heavy atom. The van der Waals surface area contributed by atoms with Gasteiger partial charge in [-0.1, -0.05) is 30.3 Å². The molecule has 2 heterocycles. The molecule has 0 bridgehead atoms. The Kier molecular flexibility index (Phi) is 7.21. The van der Waals surface area contributed by atoms with Gasteiger partial charge in [0.1, 0.15) is 11.6 Å². The second kappa shape index (κ2) is 9.65. The molecule has 2 aromatic rings. The smallest absolute Gasteiger partial charge is 0.214 e. The molecule has 1 atom stereocenters. The average Bonchev–Trinajstić information content (AvgIpc) is 3.23. The lowest BCUT2D eigenvalue weighted by molar-refractivity contribution is 0.458. The molecule has 1 aliphatic rings. The van der Waals surface area contributed by atoms with Gasteiger partial charge in [-0.15, -0.1) is 0 Å². The van der Waals surface area contributed by atoms with E-state index < -0.39 is 10.0 Å². The molecule has 1 saturated heterocycles. The van der Waals surface area contributed by atoms with Crippen LogP contribution in [0.3, 0.4) is 0 Å². The van der Waals surface area contributed by atoms with Gasteiger partial charge in [0.25, 0.3) is 0 Å². The molecule has 0 spiro atoms. The summed E-state index contributed by atoms with van der Waals surface area (Å²) in [6.45, 7) is 1.21. The second-order valence-corrected chi connectivity index (χ2v) is 9.98. The van der Waals surface area contributed by atoms with Crippen molar-refractivity contribution in [3.05, 3.63) is 53.5 Å². The van der Waals surface area contributed by atoms with Crippen LogP contribution in [0.15, 0.2) is 36.4 Å². The van der Waals surface area contributed by atoms with Crippen molar-refractivity contribution in [1.82, 2.24) is 19.6 Å². The Morgan fingerprint density at radius 1 is 1.14 bits per heavy atom. The van der Waals surface area contributed by atoms with Gasteiger partial charge in [0.2, 0.25) is 10.0 Å². The van der Waals surface area contributed by atoms with Gasteiger partial charge >= 0.3 is 0 Å². The van der Waals surface area contributed by atoms with Gasteiger partial charge in [-0.3, -0.25) is 0 Å². The van der Waals surface area contributed by atoms with Crippen LogP contribution in [-0.4, -0.2) is 56.1 Å².